The molecule has 0 heterocycles. The van der Waals surface area contributed by atoms with Gasteiger partial charge in [-0.1, -0.05) is 12.1 Å². The fourth-order valence-electron chi connectivity index (χ4n) is 1.27. The lowest BCUT2D eigenvalue weighted by Gasteiger charge is -2.05. The summed E-state index contributed by atoms with van der Waals surface area (Å²) in [4.78, 5) is 0.0124. The summed E-state index contributed by atoms with van der Waals surface area (Å²) in [6.07, 6.45) is 0.677. The molecule has 0 amide bonds. The van der Waals surface area contributed by atoms with Gasteiger partial charge in [-0.2, -0.15) is 0 Å². The van der Waals surface area contributed by atoms with Crippen molar-refractivity contribution in [2.75, 3.05) is 6.01 Å². The Hall–Kier alpha value is -0.940. The van der Waals surface area contributed by atoms with Crippen LogP contribution in [0.15, 0.2) is 29.2 Å². The van der Waals surface area contributed by atoms with E-state index in [0.29, 0.717) is 6.42 Å². The van der Waals surface area contributed by atoms with E-state index in [9.17, 15) is 12.8 Å². The molecule has 1 rings (SSSR count). The van der Waals surface area contributed by atoms with Crippen LogP contribution in [0.3, 0.4) is 0 Å². The first-order valence-electron chi connectivity index (χ1n) is 4.59. The zero-order valence-corrected chi connectivity index (χ0v) is 9.30. The molecule has 0 saturated carbocycles. The summed E-state index contributed by atoms with van der Waals surface area (Å²) in [5.74, 6) is 0. The molecule has 0 aliphatic rings. The van der Waals surface area contributed by atoms with Gasteiger partial charge in [0.1, 0.15) is 0 Å². The van der Waals surface area contributed by atoms with Crippen molar-refractivity contribution in [2.24, 2.45) is 5.73 Å². The van der Waals surface area contributed by atoms with E-state index in [1.807, 2.05) is 6.92 Å². The van der Waals surface area contributed by atoms with Crippen molar-refractivity contribution in [2.45, 2.75) is 24.3 Å². The van der Waals surface area contributed by atoms with Crippen LogP contribution in [0.1, 0.15) is 12.5 Å². The van der Waals surface area contributed by atoms with Crippen molar-refractivity contribution in [3.63, 3.8) is 0 Å². The predicted molar refractivity (Wildman–Crippen MR) is 57.0 cm³/mol. The standard InChI is InChI=1S/C10H14FNO2S/c1-8(12)6-9-2-4-10(5-3-9)15(13,14)7-11/h2-5,8H,6-7,12H2,1H3. The van der Waals surface area contributed by atoms with Gasteiger partial charge in [-0.25, -0.2) is 12.8 Å². The summed E-state index contributed by atoms with van der Waals surface area (Å²) in [5, 5.41) is 0. The summed E-state index contributed by atoms with van der Waals surface area (Å²) < 4.78 is 34.4. The Morgan fingerprint density at radius 3 is 2.27 bits per heavy atom. The first-order valence-corrected chi connectivity index (χ1v) is 6.24. The maximum Gasteiger partial charge on any atom is 0.207 e. The highest BCUT2D eigenvalue weighted by atomic mass is 32.2. The number of halogens is 1. The number of alkyl halides is 1. The van der Waals surface area contributed by atoms with Gasteiger partial charge in [0.25, 0.3) is 0 Å². The highest BCUT2D eigenvalue weighted by Gasteiger charge is 2.13. The van der Waals surface area contributed by atoms with E-state index >= 15 is 0 Å². The van der Waals surface area contributed by atoms with Gasteiger partial charge in [0.2, 0.25) is 9.84 Å². The third kappa shape index (κ3) is 3.28. The minimum absolute atomic E-state index is 0.0124. The van der Waals surface area contributed by atoms with E-state index in [1.54, 1.807) is 12.1 Å². The molecule has 1 atom stereocenters. The lowest BCUT2D eigenvalue weighted by Crippen LogP contribution is -2.17. The second kappa shape index (κ2) is 4.72. The number of hydrogen-bond donors (Lipinski definition) is 1. The Morgan fingerprint density at radius 1 is 1.33 bits per heavy atom. The Kier molecular flexibility index (Phi) is 3.82. The monoisotopic (exact) mass is 231 g/mol. The molecule has 1 unspecified atom stereocenters. The molecule has 0 fully saturated rings. The molecule has 0 radical (unpaired) electrons. The molecule has 0 spiro atoms. The van der Waals surface area contributed by atoms with Gasteiger partial charge in [-0.3, -0.25) is 0 Å². The first kappa shape index (κ1) is 12.1. The first-order chi connectivity index (χ1) is 6.95. The molecular formula is C10H14FNO2S. The molecule has 3 nitrogen and oxygen atoms in total. The van der Waals surface area contributed by atoms with E-state index in [1.165, 1.54) is 12.1 Å². The van der Waals surface area contributed by atoms with E-state index in [-0.39, 0.29) is 10.9 Å². The van der Waals surface area contributed by atoms with Crippen LogP contribution < -0.4 is 5.73 Å². The average molecular weight is 231 g/mol. The molecule has 15 heavy (non-hydrogen) atoms. The number of hydrogen-bond acceptors (Lipinski definition) is 3. The van der Waals surface area contributed by atoms with Crippen LogP contribution in [0.5, 0.6) is 0 Å². The lowest BCUT2D eigenvalue weighted by molar-refractivity contribution is 0.534. The summed E-state index contributed by atoms with van der Waals surface area (Å²) in [7, 11) is -3.74. The smallest absolute Gasteiger partial charge is 0.207 e. The van der Waals surface area contributed by atoms with Crippen LogP contribution >= 0.6 is 0 Å². The quantitative estimate of drug-likeness (QED) is 0.849. The van der Waals surface area contributed by atoms with Gasteiger partial charge in [-0.05, 0) is 31.0 Å². The largest absolute Gasteiger partial charge is 0.328 e. The van der Waals surface area contributed by atoms with Crippen LogP contribution in [0.2, 0.25) is 0 Å². The molecule has 0 aliphatic carbocycles. The van der Waals surface area contributed by atoms with E-state index < -0.39 is 15.8 Å². The molecule has 0 saturated heterocycles. The Morgan fingerprint density at radius 2 is 1.87 bits per heavy atom. The summed E-state index contributed by atoms with van der Waals surface area (Å²) >= 11 is 0. The average Bonchev–Trinajstić information content (AvgIpc) is 2.18. The number of nitrogens with two attached hydrogens (primary N) is 1. The van der Waals surface area contributed by atoms with E-state index in [2.05, 4.69) is 0 Å². The molecule has 5 heteroatoms. The van der Waals surface area contributed by atoms with Gasteiger partial charge in [0.05, 0.1) is 4.90 Å². The fourth-order valence-corrected chi connectivity index (χ4v) is 1.94. The molecular weight excluding hydrogens is 217 g/mol. The van der Waals surface area contributed by atoms with Crippen LogP contribution in [0, 0.1) is 0 Å². The molecule has 1 aromatic carbocycles. The third-order valence-corrected chi connectivity index (χ3v) is 3.26. The number of benzene rings is 1. The maximum atomic E-state index is 12.2. The topological polar surface area (TPSA) is 60.2 Å². The molecule has 0 aromatic heterocycles. The SMILES string of the molecule is CC(N)Cc1ccc(S(=O)(=O)CF)cc1. The zero-order valence-electron chi connectivity index (χ0n) is 8.48. The molecule has 0 aliphatic heterocycles. The second-order valence-electron chi connectivity index (χ2n) is 3.55. The van der Waals surface area contributed by atoms with Gasteiger partial charge in [0.15, 0.2) is 6.01 Å². The zero-order chi connectivity index (χ0) is 11.5. The van der Waals surface area contributed by atoms with Crippen molar-refractivity contribution in [3.8, 4) is 0 Å². The predicted octanol–water partition coefficient (Wildman–Crippen LogP) is 1.28. The van der Waals surface area contributed by atoms with Crippen molar-refractivity contribution < 1.29 is 12.8 Å². The Labute approximate surface area is 89.0 Å². The van der Waals surface area contributed by atoms with Crippen LogP contribution in [-0.4, -0.2) is 20.5 Å². The lowest BCUT2D eigenvalue weighted by atomic mass is 10.1. The van der Waals surface area contributed by atoms with Crippen LogP contribution in [0.25, 0.3) is 0 Å². The van der Waals surface area contributed by atoms with Gasteiger partial charge in [-0.15, -0.1) is 0 Å². The summed E-state index contributed by atoms with van der Waals surface area (Å²) in [5.41, 5.74) is 6.54. The van der Waals surface area contributed by atoms with Crippen LogP contribution in [0.4, 0.5) is 4.39 Å². The van der Waals surface area contributed by atoms with Gasteiger partial charge < -0.3 is 5.73 Å². The highest BCUT2D eigenvalue weighted by Crippen LogP contribution is 2.13. The summed E-state index contributed by atoms with van der Waals surface area (Å²) in [6, 6.07) is 4.80. The molecule has 2 N–H and O–H groups in total. The number of sulfone groups is 1. The normalized spacial score (nSPS) is 13.8. The Bertz CT molecular complexity index is 412. The van der Waals surface area contributed by atoms with Crippen molar-refractivity contribution in [1.29, 1.82) is 0 Å². The minimum Gasteiger partial charge on any atom is -0.328 e. The van der Waals surface area contributed by atoms with Gasteiger partial charge in [0, 0.05) is 6.04 Å². The molecule has 84 valence electrons. The molecule has 1 aromatic rings. The van der Waals surface area contributed by atoms with Crippen molar-refractivity contribution in [1.82, 2.24) is 0 Å². The van der Waals surface area contributed by atoms with Crippen molar-refractivity contribution >= 4 is 9.84 Å². The minimum atomic E-state index is -3.74. The van der Waals surface area contributed by atoms with Gasteiger partial charge >= 0.3 is 0 Å². The number of rotatable bonds is 4. The Balaban J connectivity index is 2.91. The fraction of sp³-hybridized carbons (Fsp3) is 0.400. The van der Waals surface area contributed by atoms with Crippen molar-refractivity contribution in [3.05, 3.63) is 29.8 Å². The van der Waals surface area contributed by atoms with Crippen LogP contribution in [-0.2, 0) is 16.3 Å². The third-order valence-electron chi connectivity index (χ3n) is 1.98. The second-order valence-corrected chi connectivity index (χ2v) is 5.47. The highest BCUT2D eigenvalue weighted by molar-refractivity contribution is 7.91. The maximum absolute atomic E-state index is 12.2. The van der Waals surface area contributed by atoms with E-state index in [4.69, 9.17) is 5.73 Å². The van der Waals surface area contributed by atoms with E-state index in [0.717, 1.165) is 5.56 Å². The summed E-state index contributed by atoms with van der Waals surface area (Å²) in [6.45, 7) is 1.87. The molecule has 0 bridgehead atoms.